The standard InChI is InChI=1S/C13H14N2OS/c1-9-6-7-10(16-9)8-14-13-15-11-4-2-3-5-12(11)17-13/h2-7,13-15H,8H2,1H3. The molecule has 0 saturated carbocycles. The van der Waals surface area contributed by atoms with E-state index in [0.29, 0.717) is 0 Å². The minimum atomic E-state index is 0.220. The predicted octanol–water partition coefficient (Wildman–Crippen LogP) is 3.18. The largest absolute Gasteiger partial charge is 0.465 e. The number of aryl methyl sites for hydroxylation is 1. The van der Waals surface area contributed by atoms with E-state index in [1.165, 1.54) is 10.6 Å². The average molecular weight is 246 g/mol. The molecule has 1 aliphatic rings. The van der Waals surface area contributed by atoms with Gasteiger partial charge in [0.1, 0.15) is 17.0 Å². The Bertz CT molecular complexity index is 499. The van der Waals surface area contributed by atoms with Gasteiger partial charge in [0.05, 0.1) is 6.54 Å². The summed E-state index contributed by atoms with van der Waals surface area (Å²) in [5.74, 6) is 1.93. The molecule has 0 saturated heterocycles. The van der Waals surface area contributed by atoms with Crippen LogP contribution in [0.25, 0.3) is 0 Å². The van der Waals surface area contributed by atoms with E-state index in [1.807, 2.05) is 25.1 Å². The number of furan rings is 1. The zero-order valence-corrected chi connectivity index (χ0v) is 10.4. The lowest BCUT2D eigenvalue weighted by atomic mass is 10.3. The highest BCUT2D eigenvalue weighted by atomic mass is 32.2. The van der Waals surface area contributed by atoms with Crippen molar-refractivity contribution in [1.82, 2.24) is 5.32 Å². The van der Waals surface area contributed by atoms with E-state index in [0.717, 1.165) is 18.1 Å². The zero-order valence-electron chi connectivity index (χ0n) is 9.57. The molecule has 3 rings (SSSR count). The highest BCUT2D eigenvalue weighted by Gasteiger charge is 2.20. The van der Waals surface area contributed by atoms with Crippen LogP contribution in [0.2, 0.25) is 0 Å². The molecule has 0 amide bonds. The Kier molecular flexibility index (Phi) is 2.82. The Labute approximate surface area is 105 Å². The number of rotatable bonds is 3. The quantitative estimate of drug-likeness (QED) is 0.872. The minimum absolute atomic E-state index is 0.220. The summed E-state index contributed by atoms with van der Waals surface area (Å²) in [4.78, 5) is 1.29. The molecule has 1 atom stereocenters. The van der Waals surface area contributed by atoms with E-state index in [-0.39, 0.29) is 5.50 Å². The van der Waals surface area contributed by atoms with Crippen molar-refractivity contribution in [3.63, 3.8) is 0 Å². The van der Waals surface area contributed by atoms with Crippen LogP contribution in [-0.2, 0) is 6.54 Å². The van der Waals surface area contributed by atoms with Gasteiger partial charge in [0.15, 0.2) is 0 Å². The van der Waals surface area contributed by atoms with Gasteiger partial charge < -0.3 is 9.73 Å². The first-order chi connectivity index (χ1) is 8.31. The van der Waals surface area contributed by atoms with Crippen molar-refractivity contribution < 1.29 is 4.42 Å². The fourth-order valence-corrected chi connectivity index (χ4v) is 2.87. The Morgan fingerprint density at radius 3 is 2.94 bits per heavy atom. The molecular weight excluding hydrogens is 232 g/mol. The first-order valence-electron chi connectivity index (χ1n) is 5.62. The maximum absolute atomic E-state index is 5.52. The molecule has 0 bridgehead atoms. The minimum Gasteiger partial charge on any atom is -0.465 e. The molecule has 2 aromatic rings. The molecule has 1 aromatic heterocycles. The number of fused-ring (bicyclic) bond motifs is 1. The molecule has 2 N–H and O–H groups in total. The fraction of sp³-hybridized carbons (Fsp3) is 0.231. The summed E-state index contributed by atoms with van der Waals surface area (Å²) in [5.41, 5.74) is 1.42. The summed E-state index contributed by atoms with van der Waals surface area (Å²) < 4.78 is 5.52. The van der Waals surface area contributed by atoms with Gasteiger partial charge in [-0.15, -0.1) is 0 Å². The van der Waals surface area contributed by atoms with Crippen molar-refractivity contribution in [2.24, 2.45) is 0 Å². The monoisotopic (exact) mass is 246 g/mol. The Morgan fingerprint density at radius 1 is 1.29 bits per heavy atom. The van der Waals surface area contributed by atoms with Crippen LogP contribution in [0.5, 0.6) is 0 Å². The number of hydrogen-bond donors (Lipinski definition) is 2. The maximum Gasteiger partial charge on any atom is 0.130 e. The van der Waals surface area contributed by atoms with Crippen molar-refractivity contribution in [1.29, 1.82) is 0 Å². The first kappa shape index (κ1) is 10.7. The van der Waals surface area contributed by atoms with E-state index >= 15 is 0 Å². The molecular formula is C13H14N2OS. The van der Waals surface area contributed by atoms with Gasteiger partial charge in [0.25, 0.3) is 0 Å². The van der Waals surface area contributed by atoms with E-state index in [9.17, 15) is 0 Å². The van der Waals surface area contributed by atoms with Gasteiger partial charge in [-0.1, -0.05) is 23.9 Å². The second-order valence-corrected chi connectivity index (χ2v) is 5.18. The Hall–Kier alpha value is -1.39. The van der Waals surface area contributed by atoms with Gasteiger partial charge in [-0.25, -0.2) is 0 Å². The molecule has 2 heterocycles. The van der Waals surface area contributed by atoms with Crippen LogP contribution in [0.15, 0.2) is 45.7 Å². The maximum atomic E-state index is 5.52. The summed E-state index contributed by atoms with van der Waals surface area (Å²) in [5, 5.41) is 6.84. The first-order valence-corrected chi connectivity index (χ1v) is 6.50. The SMILES string of the molecule is Cc1ccc(CNC2Nc3ccccc3S2)o1. The van der Waals surface area contributed by atoms with Crippen LogP contribution in [0, 0.1) is 6.92 Å². The van der Waals surface area contributed by atoms with Gasteiger partial charge in [-0.3, -0.25) is 5.32 Å². The summed E-state index contributed by atoms with van der Waals surface area (Å²) in [6.45, 7) is 2.70. The Balaban J connectivity index is 1.59. The summed E-state index contributed by atoms with van der Waals surface area (Å²) in [6.07, 6.45) is 0. The van der Waals surface area contributed by atoms with Gasteiger partial charge in [-0.2, -0.15) is 0 Å². The molecule has 88 valence electrons. The lowest BCUT2D eigenvalue weighted by molar-refractivity contribution is 0.463. The third-order valence-corrected chi connectivity index (χ3v) is 3.81. The van der Waals surface area contributed by atoms with Crippen molar-refractivity contribution >= 4 is 17.4 Å². The summed E-state index contributed by atoms with van der Waals surface area (Å²) >= 11 is 1.80. The number of nitrogens with one attached hydrogen (secondary N) is 2. The van der Waals surface area contributed by atoms with E-state index in [1.54, 1.807) is 11.8 Å². The number of benzene rings is 1. The summed E-state index contributed by atoms with van der Waals surface area (Å²) in [7, 11) is 0. The molecule has 0 spiro atoms. The van der Waals surface area contributed by atoms with Crippen LogP contribution in [0.3, 0.4) is 0 Å². The average Bonchev–Trinajstić information content (AvgIpc) is 2.91. The number of hydrogen-bond acceptors (Lipinski definition) is 4. The third-order valence-electron chi connectivity index (χ3n) is 2.68. The van der Waals surface area contributed by atoms with Gasteiger partial charge in [0.2, 0.25) is 0 Å². The molecule has 1 aliphatic heterocycles. The van der Waals surface area contributed by atoms with Crippen molar-refractivity contribution in [2.75, 3.05) is 5.32 Å². The smallest absolute Gasteiger partial charge is 0.130 e. The topological polar surface area (TPSA) is 37.2 Å². The van der Waals surface area contributed by atoms with Crippen molar-refractivity contribution in [2.45, 2.75) is 23.9 Å². The number of para-hydroxylation sites is 1. The van der Waals surface area contributed by atoms with Crippen LogP contribution >= 0.6 is 11.8 Å². The molecule has 3 nitrogen and oxygen atoms in total. The zero-order chi connectivity index (χ0) is 11.7. The second-order valence-electron chi connectivity index (χ2n) is 4.03. The highest BCUT2D eigenvalue weighted by molar-refractivity contribution is 8.00. The molecule has 0 fully saturated rings. The molecule has 0 aliphatic carbocycles. The third kappa shape index (κ3) is 2.33. The molecule has 0 radical (unpaired) electrons. The lowest BCUT2D eigenvalue weighted by Crippen LogP contribution is -2.29. The normalized spacial score (nSPS) is 17.8. The van der Waals surface area contributed by atoms with E-state index in [4.69, 9.17) is 4.42 Å². The van der Waals surface area contributed by atoms with Crippen LogP contribution in [-0.4, -0.2) is 5.50 Å². The van der Waals surface area contributed by atoms with Crippen molar-refractivity contribution in [3.05, 3.63) is 47.9 Å². The Morgan fingerprint density at radius 2 is 2.18 bits per heavy atom. The lowest BCUT2D eigenvalue weighted by Gasteiger charge is -2.11. The van der Waals surface area contributed by atoms with Crippen LogP contribution < -0.4 is 10.6 Å². The number of thioether (sulfide) groups is 1. The molecule has 4 heteroatoms. The van der Waals surface area contributed by atoms with E-state index in [2.05, 4.69) is 28.8 Å². The highest BCUT2D eigenvalue weighted by Crippen LogP contribution is 2.36. The molecule has 1 unspecified atom stereocenters. The summed E-state index contributed by atoms with van der Waals surface area (Å²) in [6, 6.07) is 12.3. The molecule has 1 aromatic carbocycles. The van der Waals surface area contributed by atoms with Crippen LogP contribution in [0.4, 0.5) is 5.69 Å². The van der Waals surface area contributed by atoms with Gasteiger partial charge in [0, 0.05) is 10.6 Å². The number of anilines is 1. The van der Waals surface area contributed by atoms with Crippen LogP contribution in [0.1, 0.15) is 11.5 Å². The molecule has 17 heavy (non-hydrogen) atoms. The predicted molar refractivity (Wildman–Crippen MR) is 70.0 cm³/mol. The van der Waals surface area contributed by atoms with Crippen molar-refractivity contribution in [3.8, 4) is 0 Å². The van der Waals surface area contributed by atoms with E-state index < -0.39 is 0 Å². The van der Waals surface area contributed by atoms with Gasteiger partial charge in [-0.05, 0) is 31.2 Å². The van der Waals surface area contributed by atoms with Gasteiger partial charge >= 0.3 is 0 Å². The second kappa shape index (κ2) is 4.47. The fourth-order valence-electron chi connectivity index (χ4n) is 1.85.